The first kappa shape index (κ1) is 18.1. The summed E-state index contributed by atoms with van der Waals surface area (Å²) in [6.45, 7) is 1.49. The van der Waals surface area contributed by atoms with Gasteiger partial charge >= 0.3 is 12.1 Å². The van der Waals surface area contributed by atoms with Gasteiger partial charge in [0, 0.05) is 15.9 Å². The summed E-state index contributed by atoms with van der Waals surface area (Å²) >= 11 is 9.36. The van der Waals surface area contributed by atoms with Crippen LogP contribution in [0.25, 0.3) is 6.08 Å². The minimum atomic E-state index is -4.73. The van der Waals surface area contributed by atoms with Crippen molar-refractivity contribution >= 4 is 39.6 Å². The predicted molar refractivity (Wildman–Crippen MR) is 84.0 cm³/mol. The number of fused-ring (bicyclic) bond motifs is 1. The van der Waals surface area contributed by atoms with Gasteiger partial charge in [0.1, 0.15) is 5.75 Å². The summed E-state index contributed by atoms with van der Waals surface area (Å²) in [6.07, 6.45) is -5.42. The molecule has 8 heteroatoms. The van der Waals surface area contributed by atoms with Gasteiger partial charge in [0.05, 0.1) is 12.2 Å². The highest BCUT2D eigenvalue weighted by Crippen LogP contribution is 2.39. The number of aryl methyl sites for hydroxylation is 1. The molecule has 1 aliphatic heterocycles. The fourth-order valence-corrected chi connectivity index (χ4v) is 2.87. The summed E-state index contributed by atoms with van der Waals surface area (Å²) < 4.78 is 49.4. The van der Waals surface area contributed by atoms with Crippen LogP contribution in [0.3, 0.4) is 0 Å². The van der Waals surface area contributed by atoms with Crippen molar-refractivity contribution in [3.8, 4) is 5.75 Å². The highest BCUT2D eigenvalue weighted by atomic mass is 79.9. The molecule has 0 N–H and O–H groups in total. The van der Waals surface area contributed by atoms with E-state index in [9.17, 15) is 18.0 Å². The zero-order valence-corrected chi connectivity index (χ0v) is 14.4. The second kappa shape index (κ2) is 7.13. The van der Waals surface area contributed by atoms with Crippen LogP contribution >= 0.6 is 27.5 Å². The molecule has 1 aromatic carbocycles. The van der Waals surface area contributed by atoms with E-state index in [-0.39, 0.29) is 12.4 Å². The quantitative estimate of drug-likeness (QED) is 0.537. The maximum Gasteiger partial charge on any atom is 0.430 e. The Morgan fingerprint density at radius 1 is 1.43 bits per heavy atom. The zero-order valence-electron chi connectivity index (χ0n) is 12.0. The van der Waals surface area contributed by atoms with E-state index >= 15 is 0 Å². The molecule has 0 bridgehead atoms. The van der Waals surface area contributed by atoms with E-state index < -0.39 is 23.8 Å². The van der Waals surface area contributed by atoms with E-state index in [1.54, 1.807) is 0 Å². The largest absolute Gasteiger partial charge is 0.475 e. The number of benzene rings is 1. The lowest BCUT2D eigenvalue weighted by atomic mass is 9.99. The number of hydrogen-bond donors (Lipinski definition) is 0. The van der Waals surface area contributed by atoms with E-state index in [0.29, 0.717) is 27.9 Å². The molecule has 0 saturated carbocycles. The number of esters is 1. The fraction of sp³-hybridized carbons (Fsp3) is 0.400. The highest BCUT2D eigenvalue weighted by molar-refractivity contribution is 9.09. The van der Waals surface area contributed by atoms with Gasteiger partial charge in [-0.25, -0.2) is 4.79 Å². The van der Waals surface area contributed by atoms with Crippen molar-refractivity contribution in [1.82, 2.24) is 0 Å². The average Bonchev–Trinajstić information content (AvgIpc) is 2.46. The number of halogens is 5. The molecule has 1 unspecified atom stereocenters. The second-order valence-electron chi connectivity index (χ2n) is 4.78. The first-order valence-corrected chi connectivity index (χ1v) is 8.28. The number of alkyl halides is 4. The first-order valence-electron chi connectivity index (χ1n) is 6.78. The third-order valence-electron chi connectivity index (χ3n) is 3.19. The van der Waals surface area contributed by atoms with Crippen LogP contribution < -0.4 is 4.74 Å². The molecule has 1 atom stereocenters. The molecule has 0 saturated heterocycles. The lowest BCUT2D eigenvalue weighted by Crippen LogP contribution is -2.40. The normalized spacial score (nSPS) is 17.1. The van der Waals surface area contributed by atoms with Gasteiger partial charge in [-0.1, -0.05) is 27.5 Å². The molecule has 0 amide bonds. The summed E-state index contributed by atoms with van der Waals surface area (Å²) in [4.78, 5) is 11.8. The number of hydrogen-bond acceptors (Lipinski definition) is 3. The Balaban J connectivity index is 2.50. The van der Waals surface area contributed by atoms with Crippen molar-refractivity contribution in [1.29, 1.82) is 0 Å². The molecule has 0 radical (unpaired) electrons. The van der Waals surface area contributed by atoms with Crippen LogP contribution in [-0.4, -0.2) is 30.2 Å². The van der Waals surface area contributed by atoms with Gasteiger partial charge in [-0.15, -0.1) is 0 Å². The molecule has 0 spiro atoms. The maximum absolute atomic E-state index is 13.2. The van der Waals surface area contributed by atoms with Gasteiger partial charge < -0.3 is 9.47 Å². The Bertz CT molecular complexity index is 644. The Labute approximate surface area is 144 Å². The first-order chi connectivity index (χ1) is 10.8. The topological polar surface area (TPSA) is 35.5 Å². The molecular weight excluding hydrogens is 401 g/mol. The van der Waals surface area contributed by atoms with E-state index in [4.69, 9.17) is 16.3 Å². The average molecular weight is 414 g/mol. The molecule has 0 fully saturated rings. The Morgan fingerprint density at radius 2 is 2.13 bits per heavy atom. The van der Waals surface area contributed by atoms with Crippen molar-refractivity contribution in [2.24, 2.45) is 0 Å². The van der Waals surface area contributed by atoms with Crippen LogP contribution in [0.5, 0.6) is 5.75 Å². The smallest absolute Gasteiger partial charge is 0.430 e. The lowest BCUT2D eigenvalue weighted by molar-refractivity contribution is -0.187. The third kappa shape index (κ3) is 4.01. The molecule has 1 aliphatic rings. The van der Waals surface area contributed by atoms with Gasteiger partial charge in [-0.2, -0.15) is 13.2 Å². The Kier molecular flexibility index (Phi) is 5.62. The highest BCUT2D eigenvalue weighted by Gasteiger charge is 2.48. The van der Waals surface area contributed by atoms with E-state index in [0.717, 1.165) is 6.08 Å². The summed E-state index contributed by atoms with van der Waals surface area (Å²) in [6, 6.07) is 2.96. The Morgan fingerprint density at radius 3 is 2.70 bits per heavy atom. The fourth-order valence-electron chi connectivity index (χ4n) is 2.18. The predicted octanol–water partition coefficient (Wildman–Crippen LogP) is 4.55. The van der Waals surface area contributed by atoms with Gasteiger partial charge in [0.25, 0.3) is 0 Å². The summed E-state index contributed by atoms with van der Waals surface area (Å²) in [7, 11) is 0. The standard InChI is InChI=1S/C15H13BrClF3O3/c1-2-22-14(21)10-5-9-6-11(17)8(3-4-16)7-12(9)23-13(10)15(18,19)20/h5-7,13H,2-4H2,1H3. The third-order valence-corrected chi connectivity index (χ3v) is 3.94. The molecule has 3 nitrogen and oxygen atoms in total. The van der Waals surface area contributed by atoms with Crippen LogP contribution in [0.15, 0.2) is 17.7 Å². The minimum absolute atomic E-state index is 0.0292. The van der Waals surface area contributed by atoms with Crippen molar-refractivity contribution in [2.75, 3.05) is 11.9 Å². The monoisotopic (exact) mass is 412 g/mol. The molecular formula is C15H13BrClF3O3. The van der Waals surface area contributed by atoms with Crippen LogP contribution in [0, 0.1) is 0 Å². The number of rotatable bonds is 4. The van der Waals surface area contributed by atoms with Crippen molar-refractivity contribution < 1.29 is 27.4 Å². The van der Waals surface area contributed by atoms with Gasteiger partial charge in [-0.05, 0) is 37.1 Å². The number of carbonyl (C=O) groups is 1. The second-order valence-corrected chi connectivity index (χ2v) is 5.98. The van der Waals surface area contributed by atoms with Crippen LogP contribution in [0.4, 0.5) is 13.2 Å². The van der Waals surface area contributed by atoms with E-state index in [1.807, 2.05) is 0 Å². The van der Waals surface area contributed by atoms with E-state index in [1.165, 1.54) is 19.1 Å². The Hall–Kier alpha value is -1.21. The van der Waals surface area contributed by atoms with Crippen molar-refractivity contribution in [3.05, 3.63) is 33.9 Å². The van der Waals surface area contributed by atoms with Gasteiger partial charge in [-0.3, -0.25) is 0 Å². The molecule has 2 rings (SSSR count). The molecule has 0 aromatic heterocycles. The van der Waals surface area contributed by atoms with E-state index in [2.05, 4.69) is 20.7 Å². The zero-order chi connectivity index (χ0) is 17.2. The minimum Gasteiger partial charge on any atom is -0.475 e. The molecule has 23 heavy (non-hydrogen) atoms. The number of carbonyl (C=O) groups excluding carboxylic acids is 1. The summed E-state index contributed by atoms with van der Waals surface area (Å²) in [5.41, 5.74) is 0.393. The molecule has 1 aromatic rings. The summed E-state index contributed by atoms with van der Waals surface area (Å²) in [5, 5.41) is 1.01. The molecule has 0 aliphatic carbocycles. The molecule has 126 valence electrons. The van der Waals surface area contributed by atoms with Crippen molar-refractivity contribution in [3.63, 3.8) is 0 Å². The maximum atomic E-state index is 13.2. The van der Waals surface area contributed by atoms with Gasteiger partial charge in [0.2, 0.25) is 6.10 Å². The molecule has 1 heterocycles. The lowest BCUT2D eigenvalue weighted by Gasteiger charge is -2.28. The van der Waals surface area contributed by atoms with Crippen LogP contribution in [0.1, 0.15) is 18.1 Å². The van der Waals surface area contributed by atoms with Crippen LogP contribution in [-0.2, 0) is 16.0 Å². The number of ether oxygens (including phenoxy) is 2. The summed E-state index contributed by atoms with van der Waals surface area (Å²) in [5.74, 6) is -1.01. The van der Waals surface area contributed by atoms with Crippen molar-refractivity contribution in [2.45, 2.75) is 25.6 Å². The SMILES string of the molecule is CCOC(=O)C1=Cc2cc(Cl)c(CCBr)cc2OC1C(F)(F)F. The van der Waals surface area contributed by atoms with Crippen LogP contribution in [0.2, 0.25) is 5.02 Å². The van der Waals surface area contributed by atoms with Gasteiger partial charge in [0.15, 0.2) is 0 Å².